The van der Waals surface area contributed by atoms with E-state index in [1.54, 1.807) is 0 Å². The van der Waals surface area contributed by atoms with Gasteiger partial charge in [0, 0.05) is 0 Å². The van der Waals surface area contributed by atoms with Crippen molar-refractivity contribution in [1.82, 2.24) is 0 Å². The van der Waals surface area contributed by atoms with Crippen molar-refractivity contribution >= 4 is 5.69 Å². The summed E-state index contributed by atoms with van der Waals surface area (Å²) in [5, 5.41) is 0. The fourth-order valence-corrected chi connectivity index (χ4v) is 0.935. The van der Waals surface area contributed by atoms with Crippen LogP contribution in [0.25, 0.3) is 0 Å². The van der Waals surface area contributed by atoms with Gasteiger partial charge in [-0.05, 0) is 25.5 Å². The summed E-state index contributed by atoms with van der Waals surface area (Å²) in [7, 11) is 0. The summed E-state index contributed by atoms with van der Waals surface area (Å²) in [5.41, 5.74) is 7.55. The summed E-state index contributed by atoms with van der Waals surface area (Å²) in [4.78, 5) is 0. The van der Waals surface area contributed by atoms with Crippen molar-refractivity contribution in [1.29, 1.82) is 0 Å². The third-order valence-electron chi connectivity index (χ3n) is 1.58. The van der Waals surface area contributed by atoms with E-state index in [0.29, 0.717) is 6.61 Å². The van der Waals surface area contributed by atoms with Gasteiger partial charge in [-0.1, -0.05) is 12.1 Å². The third kappa shape index (κ3) is 1.64. The molecule has 0 bridgehead atoms. The Morgan fingerprint density at radius 3 is 2.82 bits per heavy atom. The van der Waals surface area contributed by atoms with Crippen molar-refractivity contribution in [2.75, 3.05) is 12.3 Å². The molecule has 0 spiro atoms. The minimum atomic E-state index is 0.660. The smallest absolute Gasteiger partial charge is 0.142 e. The zero-order chi connectivity index (χ0) is 8.27. The van der Waals surface area contributed by atoms with E-state index in [-0.39, 0.29) is 0 Å². The molecule has 0 atom stereocenters. The SMILES string of the molecule is CCOc1cccc(C)c1N. The number of anilines is 1. The lowest BCUT2D eigenvalue weighted by Gasteiger charge is -2.07. The first-order valence-corrected chi connectivity index (χ1v) is 3.73. The number of nitrogens with two attached hydrogens (primary N) is 1. The van der Waals surface area contributed by atoms with Crippen LogP contribution in [-0.2, 0) is 0 Å². The molecule has 0 radical (unpaired) electrons. The lowest BCUT2D eigenvalue weighted by molar-refractivity contribution is 0.342. The quantitative estimate of drug-likeness (QED) is 0.656. The molecule has 0 aliphatic rings. The molecule has 0 saturated heterocycles. The normalized spacial score (nSPS) is 9.64. The highest BCUT2D eigenvalue weighted by atomic mass is 16.5. The highest BCUT2D eigenvalue weighted by Gasteiger charge is 1.99. The summed E-state index contributed by atoms with van der Waals surface area (Å²) < 4.78 is 5.29. The predicted octanol–water partition coefficient (Wildman–Crippen LogP) is 1.98. The molecule has 2 N–H and O–H groups in total. The van der Waals surface area contributed by atoms with Crippen LogP contribution in [0.4, 0.5) is 5.69 Å². The van der Waals surface area contributed by atoms with Gasteiger partial charge in [0.2, 0.25) is 0 Å². The van der Waals surface area contributed by atoms with E-state index < -0.39 is 0 Å². The number of para-hydroxylation sites is 1. The highest BCUT2D eigenvalue weighted by Crippen LogP contribution is 2.23. The Morgan fingerprint density at radius 1 is 1.45 bits per heavy atom. The second-order valence-electron chi connectivity index (χ2n) is 2.42. The number of benzene rings is 1. The number of hydrogen-bond donors (Lipinski definition) is 1. The van der Waals surface area contributed by atoms with Gasteiger partial charge in [0.05, 0.1) is 12.3 Å². The van der Waals surface area contributed by atoms with Crippen LogP contribution in [0.15, 0.2) is 18.2 Å². The van der Waals surface area contributed by atoms with Crippen molar-refractivity contribution in [3.63, 3.8) is 0 Å². The number of nitrogen functional groups attached to an aromatic ring is 1. The van der Waals surface area contributed by atoms with Crippen molar-refractivity contribution < 1.29 is 4.74 Å². The van der Waals surface area contributed by atoms with Gasteiger partial charge in [0.15, 0.2) is 0 Å². The van der Waals surface area contributed by atoms with Crippen LogP contribution in [-0.4, -0.2) is 6.61 Å². The Morgan fingerprint density at radius 2 is 2.18 bits per heavy atom. The standard InChI is InChI=1S/C9H13NO/c1-3-11-8-6-4-5-7(2)9(8)10/h4-6H,3,10H2,1-2H3. The molecule has 2 nitrogen and oxygen atoms in total. The van der Waals surface area contributed by atoms with Gasteiger partial charge in [0.1, 0.15) is 5.75 Å². The van der Waals surface area contributed by atoms with E-state index in [0.717, 1.165) is 17.0 Å². The molecule has 11 heavy (non-hydrogen) atoms. The first-order valence-electron chi connectivity index (χ1n) is 3.73. The molecule has 0 fully saturated rings. The summed E-state index contributed by atoms with van der Waals surface area (Å²) in [5.74, 6) is 0.785. The molecule has 0 aromatic heterocycles. The molecule has 0 aliphatic carbocycles. The van der Waals surface area contributed by atoms with Crippen molar-refractivity contribution in [2.24, 2.45) is 0 Å². The van der Waals surface area contributed by atoms with E-state index in [1.165, 1.54) is 0 Å². The lowest BCUT2D eigenvalue weighted by Crippen LogP contribution is -1.97. The summed E-state index contributed by atoms with van der Waals surface area (Å²) in [6, 6.07) is 5.79. The first kappa shape index (κ1) is 7.92. The van der Waals surface area contributed by atoms with Crippen LogP contribution in [0.3, 0.4) is 0 Å². The summed E-state index contributed by atoms with van der Waals surface area (Å²) in [6.07, 6.45) is 0. The monoisotopic (exact) mass is 151 g/mol. The van der Waals surface area contributed by atoms with E-state index in [9.17, 15) is 0 Å². The minimum Gasteiger partial charge on any atom is -0.492 e. The molecule has 2 heteroatoms. The number of hydrogen-bond acceptors (Lipinski definition) is 2. The Kier molecular flexibility index (Phi) is 2.36. The molecular formula is C9H13NO. The van der Waals surface area contributed by atoms with Crippen LogP contribution >= 0.6 is 0 Å². The van der Waals surface area contributed by atoms with Crippen molar-refractivity contribution in [2.45, 2.75) is 13.8 Å². The number of aryl methyl sites for hydroxylation is 1. The van der Waals surface area contributed by atoms with E-state index in [2.05, 4.69) is 0 Å². The van der Waals surface area contributed by atoms with Crippen LogP contribution in [0, 0.1) is 6.92 Å². The minimum absolute atomic E-state index is 0.660. The maximum atomic E-state index is 5.74. The van der Waals surface area contributed by atoms with Gasteiger partial charge in [-0.3, -0.25) is 0 Å². The molecule has 0 amide bonds. The van der Waals surface area contributed by atoms with Gasteiger partial charge >= 0.3 is 0 Å². The van der Waals surface area contributed by atoms with Gasteiger partial charge in [-0.25, -0.2) is 0 Å². The molecule has 1 aromatic carbocycles. The molecule has 60 valence electrons. The molecule has 1 rings (SSSR count). The van der Waals surface area contributed by atoms with Gasteiger partial charge in [0.25, 0.3) is 0 Å². The van der Waals surface area contributed by atoms with Gasteiger partial charge in [-0.15, -0.1) is 0 Å². The van der Waals surface area contributed by atoms with Crippen LogP contribution < -0.4 is 10.5 Å². The van der Waals surface area contributed by atoms with Gasteiger partial charge < -0.3 is 10.5 Å². The van der Waals surface area contributed by atoms with Crippen LogP contribution in [0.2, 0.25) is 0 Å². The van der Waals surface area contributed by atoms with Crippen molar-refractivity contribution in [3.8, 4) is 5.75 Å². The lowest BCUT2D eigenvalue weighted by atomic mass is 10.2. The van der Waals surface area contributed by atoms with Crippen LogP contribution in [0.5, 0.6) is 5.75 Å². The summed E-state index contributed by atoms with van der Waals surface area (Å²) >= 11 is 0. The Balaban J connectivity index is 2.96. The van der Waals surface area contributed by atoms with Crippen LogP contribution in [0.1, 0.15) is 12.5 Å². The maximum absolute atomic E-state index is 5.74. The Bertz CT molecular complexity index is 245. The third-order valence-corrected chi connectivity index (χ3v) is 1.58. The largest absolute Gasteiger partial charge is 0.492 e. The number of ether oxygens (including phenoxy) is 1. The Hall–Kier alpha value is -1.18. The molecule has 1 aromatic rings. The second kappa shape index (κ2) is 3.28. The van der Waals surface area contributed by atoms with E-state index in [1.807, 2.05) is 32.0 Å². The molecule has 0 saturated carbocycles. The fourth-order valence-electron chi connectivity index (χ4n) is 0.935. The number of rotatable bonds is 2. The molecular weight excluding hydrogens is 138 g/mol. The topological polar surface area (TPSA) is 35.2 Å². The van der Waals surface area contributed by atoms with E-state index >= 15 is 0 Å². The maximum Gasteiger partial charge on any atom is 0.142 e. The average Bonchev–Trinajstić information content (AvgIpc) is 1.99. The fraction of sp³-hybridized carbons (Fsp3) is 0.333. The van der Waals surface area contributed by atoms with E-state index in [4.69, 9.17) is 10.5 Å². The van der Waals surface area contributed by atoms with Crippen molar-refractivity contribution in [3.05, 3.63) is 23.8 Å². The highest BCUT2D eigenvalue weighted by molar-refractivity contribution is 5.57. The molecule has 0 unspecified atom stereocenters. The Labute approximate surface area is 67.0 Å². The molecule has 0 heterocycles. The zero-order valence-electron chi connectivity index (χ0n) is 6.92. The first-order chi connectivity index (χ1) is 5.25. The zero-order valence-corrected chi connectivity index (χ0v) is 6.92. The molecule has 0 aliphatic heterocycles. The predicted molar refractivity (Wildman–Crippen MR) is 46.8 cm³/mol. The van der Waals surface area contributed by atoms with Gasteiger partial charge in [-0.2, -0.15) is 0 Å². The average molecular weight is 151 g/mol. The summed E-state index contributed by atoms with van der Waals surface area (Å²) in [6.45, 7) is 4.58. The second-order valence-corrected chi connectivity index (χ2v) is 2.42.